The summed E-state index contributed by atoms with van der Waals surface area (Å²) in [6.07, 6.45) is 5.79. The largest absolute Gasteiger partial charge is 0.492 e. The summed E-state index contributed by atoms with van der Waals surface area (Å²) in [5.41, 5.74) is 1.26. The van der Waals surface area contributed by atoms with Crippen molar-refractivity contribution in [3.63, 3.8) is 0 Å². The second kappa shape index (κ2) is 5.31. The number of ether oxygens (including phenoxy) is 1. The molecule has 2 bridgehead atoms. The average Bonchev–Trinajstić information content (AvgIpc) is 2.97. The minimum absolute atomic E-state index is 0.768. The second-order valence-electron chi connectivity index (χ2n) is 5.90. The van der Waals surface area contributed by atoms with E-state index in [1.807, 2.05) is 12.1 Å². The van der Waals surface area contributed by atoms with Crippen LogP contribution in [0.15, 0.2) is 24.3 Å². The van der Waals surface area contributed by atoms with Crippen molar-refractivity contribution < 1.29 is 4.74 Å². The maximum Gasteiger partial charge on any atom is 0.119 e. The van der Waals surface area contributed by atoms with Crippen molar-refractivity contribution in [3.05, 3.63) is 29.8 Å². The lowest BCUT2D eigenvalue weighted by Gasteiger charge is -2.22. The number of hydrogen-bond acceptors (Lipinski definition) is 2. The molecule has 18 heavy (non-hydrogen) atoms. The van der Waals surface area contributed by atoms with Crippen molar-refractivity contribution in [3.8, 4) is 5.75 Å². The SMILES string of the molecule is Cc1cccc(OCCNC2CC3CCC2C3)c1. The standard InChI is InChI=1S/C16H23NO/c1-12-3-2-4-15(9-12)18-8-7-17-16-11-13-5-6-14(16)10-13/h2-4,9,13-14,16-17H,5-8,10-11H2,1H3. The van der Waals surface area contributed by atoms with Gasteiger partial charge in [0.05, 0.1) is 0 Å². The third-order valence-electron chi connectivity index (χ3n) is 4.50. The molecule has 0 heterocycles. The normalized spacial score (nSPS) is 29.7. The van der Waals surface area contributed by atoms with Gasteiger partial charge in [0.1, 0.15) is 12.4 Å². The van der Waals surface area contributed by atoms with Crippen LogP contribution < -0.4 is 10.1 Å². The molecule has 1 aromatic carbocycles. The predicted octanol–water partition coefficient (Wildman–Crippen LogP) is 3.15. The van der Waals surface area contributed by atoms with E-state index in [2.05, 4.69) is 24.4 Å². The highest BCUT2D eigenvalue weighted by molar-refractivity contribution is 5.27. The molecule has 2 nitrogen and oxygen atoms in total. The number of fused-ring (bicyclic) bond motifs is 2. The fraction of sp³-hybridized carbons (Fsp3) is 0.625. The Bertz CT molecular complexity index is 404. The zero-order valence-electron chi connectivity index (χ0n) is 11.2. The summed E-state index contributed by atoms with van der Waals surface area (Å²) < 4.78 is 5.76. The fourth-order valence-corrected chi connectivity index (χ4v) is 3.61. The van der Waals surface area contributed by atoms with Crippen LogP contribution in [0.1, 0.15) is 31.2 Å². The number of aryl methyl sites for hydroxylation is 1. The minimum atomic E-state index is 0.768. The van der Waals surface area contributed by atoms with Crippen molar-refractivity contribution in [2.24, 2.45) is 11.8 Å². The smallest absolute Gasteiger partial charge is 0.119 e. The molecule has 2 fully saturated rings. The summed E-state index contributed by atoms with van der Waals surface area (Å²) in [5.74, 6) is 2.96. The van der Waals surface area contributed by atoms with Crippen molar-refractivity contribution in [1.29, 1.82) is 0 Å². The molecule has 0 aromatic heterocycles. The van der Waals surface area contributed by atoms with E-state index in [1.54, 1.807) is 0 Å². The highest BCUT2D eigenvalue weighted by Gasteiger charge is 2.38. The van der Waals surface area contributed by atoms with Gasteiger partial charge >= 0.3 is 0 Å². The average molecular weight is 245 g/mol. The molecule has 3 unspecified atom stereocenters. The zero-order valence-corrected chi connectivity index (χ0v) is 11.2. The molecule has 0 aliphatic heterocycles. The van der Waals surface area contributed by atoms with Gasteiger partial charge in [-0.25, -0.2) is 0 Å². The Morgan fingerprint density at radius 1 is 1.28 bits per heavy atom. The predicted molar refractivity (Wildman–Crippen MR) is 73.9 cm³/mol. The summed E-state index contributed by atoms with van der Waals surface area (Å²) in [7, 11) is 0. The van der Waals surface area contributed by atoms with Crippen LogP contribution in [0.2, 0.25) is 0 Å². The molecule has 2 aliphatic carbocycles. The summed E-state index contributed by atoms with van der Waals surface area (Å²) in [6.45, 7) is 3.85. The molecule has 0 saturated heterocycles. The lowest BCUT2D eigenvalue weighted by molar-refractivity contribution is 0.282. The van der Waals surface area contributed by atoms with Gasteiger partial charge in [-0.2, -0.15) is 0 Å². The number of hydrogen-bond donors (Lipinski definition) is 1. The van der Waals surface area contributed by atoms with E-state index >= 15 is 0 Å². The van der Waals surface area contributed by atoms with E-state index < -0.39 is 0 Å². The summed E-state index contributed by atoms with van der Waals surface area (Å²) >= 11 is 0. The molecule has 2 heteroatoms. The van der Waals surface area contributed by atoms with E-state index in [1.165, 1.54) is 31.2 Å². The van der Waals surface area contributed by atoms with E-state index in [9.17, 15) is 0 Å². The topological polar surface area (TPSA) is 21.3 Å². The molecular weight excluding hydrogens is 222 g/mol. The van der Waals surface area contributed by atoms with Gasteiger partial charge in [-0.15, -0.1) is 0 Å². The van der Waals surface area contributed by atoms with Gasteiger partial charge in [0.2, 0.25) is 0 Å². The Hall–Kier alpha value is -1.02. The minimum Gasteiger partial charge on any atom is -0.492 e. The zero-order chi connectivity index (χ0) is 12.4. The molecule has 3 atom stereocenters. The second-order valence-corrected chi connectivity index (χ2v) is 5.90. The van der Waals surface area contributed by atoms with Crippen LogP contribution in [-0.4, -0.2) is 19.2 Å². The van der Waals surface area contributed by atoms with Crippen molar-refractivity contribution in [2.45, 2.75) is 38.6 Å². The monoisotopic (exact) mass is 245 g/mol. The van der Waals surface area contributed by atoms with E-state index in [-0.39, 0.29) is 0 Å². The molecule has 2 saturated carbocycles. The van der Waals surface area contributed by atoms with Crippen LogP contribution >= 0.6 is 0 Å². The fourth-order valence-electron chi connectivity index (χ4n) is 3.61. The van der Waals surface area contributed by atoms with E-state index in [4.69, 9.17) is 4.74 Å². The first kappa shape index (κ1) is 12.0. The van der Waals surface area contributed by atoms with Crippen molar-refractivity contribution in [2.75, 3.05) is 13.2 Å². The highest BCUT2D eigenvalue weighted by Crippen LogP contribution is 2.44. The van der Waals surface area contributed by atoms with Gasteiger partial charge in [0, 0.05) is 12.6 Å². The van der Waals surface area contributed by atoms with Gasteiger partial charge in [0.15, 0.2) is 0 Å². The lowest BCUT2D eigenvalue weighted by Crippen LogP contribution is -2.36. The van der Waals surface area contributed by atoms with Crippen LogP contribution in [0.25, 0.3) is 0 Å². The lowest BCUT2D eigenvalue weighted by atomic mass is 9.95. The first-order chi connectivity index (χ1) is 8.81. The van der Waals surface area contributed by atoms with Crippen molar-refractivity contribution >= 4 is 0 Å². The first-order valence-corrected chi connectivity index (χ1v) is 7.24. The first-order valence-electron chi connectivity index (χ1n) is 7.24. The number of benzene rings is 1. The molecule has 0 amide bonds. The van der Waals surface area contributed by atoms with Gasteiger partial charge in [-0.3, -0.25) is 0 Å². The molecule has 0 spiro atoms. The Labute approximate surface area is 110 Å². The van der Waals surface area contributed by atoms with Crippen LogP contribution in [0.4, 0.5) is 0 Å². The maximum atomic E-state index is 5.76. The van der Waals surface area contributed by atoms with Gasteiger partial charge in [0.25, 0.3) is 0 Å². The Morgan fingerprint density at radius 3 is 2.94 bits per heavy atom. The Morgan fingerprint density at radius 2 is 2.22 bits per heavy atom. The number of nitrogens with one attached hydrogen (secondary N) is 1. The molecule has 2 aliphatic rings. The van der Waals surface area contributed by atoms with E-state index in [0.717, 1.165) is 36.8 Å². The Kier molecular flexibility index (Phi) is 3.55. The molecule has 3 rings (SSSR count). The van der Waals surface area contributed by atoms with Gasteiger partial charge < -0.3 is 10.1 Å². The quantitative estimate of drug-likeness (QED) is 0.805. The molecule has 1 aromatic rings. The summed E-state index contributed by atoms with van der Waals surface area (Å²) in [5, 5.41) is 3.67. The van der Waals surface area contributed by atoms with Crippen LogP contribution in [-0.2, 0) is 0 Å². The molecule has 98 valence electrons. The van der Waals surface area contributed by atoms with Gasteiger partial charge in [-0.1, -0.05) is 18.6 Å². The number of rotatable bonds is 5. The Balaban J connectivity index is 1.38. The summed E-state index contributed by atoms with van der Waals surface area (Å²) in [6, 6.07) is 9.04. The third kappa shape index (κ3) is 2.69. The maximum absolute atomic E-state index is 5.76. The highest BCUT2D eigenvalue weighted by atomic mass is 16.5. The van der Waals surface area contributed by atoms with Crippen LogP contribution in [0.3, 0.4) is 0 Å². The van der Waals surface area contributed by atoms with E-state index in [0.29, 0.717) is 0 Å². The van der Waals surface area contributed by atoms with Gasteiger partial charge in [-0.05, 0) is 55.7 Å². The van der Waals surface area contributed by atoms with Crippen LogP contribution in [0.5, 0.6) is 5.75 Å². The molecule has 0 radical (unpaired) electrons. The molecule has 1 N–H and O–H groups in total. The van der Waals surface area contributed by atoms with Crippen molar-refractivity contribution in [1.82, 2.24) is 5.32 Å². The van der Waals surface area contributed by atoms with Crippen LogP contribution in [0, 0.1) is 18.8 Å². The summed E-state index contributed by atoms with van der Waals surface area (Å²) in [4.78, 5) is 0. The third-order valence-corrected chi connectivity index (χ3v) is 4.50. The molecular formula is C16H23NO.